The number of hydrogen-bond donors (Lipinski definition) is 0. The average Bonchev–Trinajstić information content (AvgIpc) is 2.84. The Morgan fingerprint density at radius 2 is 1.70 bits per heavy atom. The van der Waals surface area contributed by atoms with Gasteiger partial charge in [0.15, 0.2) is 5.82 Å². The molecule has 0 aliphatic carbocycles. The maximum absolute atomic E-state index is 14.6. The third-order valence-corrected chi connectivity index (χ3v) is 3.76. The summed E-state index contributed by atoms with van der Waals surface area (Å²) in [6.07, 6.45) is 0.0598. The highest BCUT2D eigenvalue weighted by atomic mass is 35.5. The van der Waals surface area contributed by atoms with Crippen LogP contribution in [0.25, 0.3) is 0 Å². The first-order chi connectivity index (χ1) is 12.6. The number of ether oxygens (including phenoxy) is 2. The minimum atomic E-state index is -4.82. The number of nitrogens with zero attached hydrogens (tertiary/aromatic N) is 1. The van der Waals surface area contributed by atoms with E-state index in [1.807, 2.05) is 0 Å². The summed E-state index contributed by atoms with van der Waals surface area (Å²) in [7, 11) is 2.04. The Kier molecular flexibility index (Phi) is 5.94. The van der Waals surface area contributed by atoms with Crippen LogP contribution in [0.1, 0.15) is 5.56 Å². The number of rotatable bonds is 3. The minimum Gasteiger partial charge on any atom is -0.465 e. The van der Waals surface area contributed by atoms with Gasteiger partial charge >= 0.3 is 18.1 Å². The van der Waals surface area contributed by atoms with Crippen molar-refractivity contribution in [2.45, 2.75) is 6.18 Å². The Labute approximate surface area is 156 Å². The Balaban J connectivity index is 2.80. The summed E-state index contributed by atoms with van der Waals surface area (Å²) in [5.41, 5.74) is -2.82. The summed E-state index contributed by atoms with van der Waals surface area (Å²) in [6.45, 7) is 0. The third kappa shape index (κ3) is 4.13. The summed E-state index contributed by atoms with van der Waals surface area (Å²) in [5.74, 6) is -3.29. The van der Waals surface area contributed by atoms with Gasteiger partial charge in [-0.2, -0.15) is 13.2 Å². The quantitative estimate of drug-likeness (QED) is 0.562. The standard InChI is InChI=1S/C17H12ClF4NO4/c1-26-15(24)10-5-3-4-6-23(14(10)16(25)27-2)12-8-9(17(20,21)22)7-11(18)13(12)19/h3-8H,1-2H3. The minimum absolute atomic E-state index is 0.345. The number of anilines is 1. The maximum Gasteiger partial charge on any atom is 0.416 e. The summed E-state index contributed by atoms with van der Waals surface area (Å²) >= 11 is 5.61. The highest BCUT2D eigenvalue weighted by molar-refractivity contribution is 6.31. The molecule has 0 spiro atoms. The first-order valence-corrected chi connectivity index (χ1v) is 7.60. The molecule has 10 heteroatoms. The van der Waals surface area contributed by atoms with Gasteiger partial charge in [0.25, 0.3) is 0 Å². The van der Waals surface area contributed by atoms with Crippen molar-refractivity contribution in [2.75, 3.05) is 19.1 Å². The van der Waals surface area contributed by atoms with E-state index in [2.05, 4.69) is 9.47 Å². The Bertz CT molecular complexity index is 874. The molecular weight excluding hydrogens is 394 g/mol. The van der Waals surface area contributed by atoms with Gasteiger partial charge in [0.1, 0.15) is 5.70 Å². The SMILES string of the molecule is COC(=O)C1=C(C(=O)OC)N(c2cc(C(F)(F)F)cc(Cl)c2F)C=CC=C1. The molecule has 0 bridgehead atoms. The van der Waals surface area contributed by atoms with Gasteiger partial charge in [-0.1, -0.05) is 17.7 Å². The molecular formula is C17H12ClF4NO4. The van der Waals surface area contributed by atoms with E-state index in [0.29, 0.717) is 12.1 Å². The molecule has 0 saturated carbocycles. The van der Waals surface area contributed by atoms with Crippen molar-refractivity contribution >= 4 is 29.2 Å². The van der Waals surface area contributed by atoms with Crippen LogP contribution in [0.5, 0.6) is 0 Å². The molecule has 0 amide bonds. The molecule has 0 radical (unpaired) electrons. The molecule has 144 valence electrons. The highest BCUT2D eigenvalue weighted by Gasteiger charge is 2.35. The van der Waals surface area contributed by atoms with Gasteiger partial charge in [0, 0.05) is 6.20 Å². The predicted molar refractivity (Wildman–Crippen MR) is 88.2 cm³/mol. The molecule has 1 aliphatic heterocycles. The fourth-order valence-corrected chi connectivity index (χ4v) is 2.48. The average molecular weight is 406 g/mol. The molecule has 0 unspecified atom stereocenters. The lowest BCUT2D eigenvalue weighted by atomic mass is 10.1. The highest BCUT2D eigenvalue weighted by Crippen LogP contribution is 2.38. The van der Waals surface area contributed by atoms with Crippen LogP contribution >= 0.6 is 11.6 Å². The van der Waals surface area contributed by atoms with Gasteiger partial charge in [0.05, 0.1) is 36.1 Å². The predicted octanol–water partition coefficient (Wildman–Crippen LogP) is 3.99. The van der Waals surface area contributed by atoms with Crippen LogP contribution < -0.4 is 4.90 Å². The zero-order valence-corrected chi connectivity index (χ0v) is 14.7. The van der Waals surface area contributed by atoms with Gasteiger partial charge in [-0.3, -0.25) is 0 Å². The van der Waals surface area contributed by atoms with Crippen molar-refractivity contribution in [3.63, 3.8) is 0 Å². The van der Waals surface area contributed by atoms with Crippen LogP contribution in [0.3, 0.4) is 0 Å². The maximum atomic E-state index is 14.6. The van der Waals surface area contributed by atoms with E-state index < -0.39 is 45.9 Å². The van der Waals surface area contributed by atoms with E-state index >= 15 is 0 Å². The van der Waals surface area contributed by atoms with Gasteiger partial charge in [-0.05, 0) is 24.3 Å². The number of benzene rings is 1. The van der Waals surface area contributed by atoms with E-state index in [4.69, 9.17) is 11.6 Å². The number of halogens is 5. The monoisotopic (exact) mass is 405 g/mol. The van der Waals surface area contributed by atoms with E-state index in [0.717, 1.165) is 25.3 Å². The van der Waals surface area contributed by atoms with Crippen molar-refractivity contribution in [3.05, 3.63) is 64.2 Å². The second-order valence-electron chi connectivity index (χ2n) is 5.11. The molecule has 0 N–H and O–H groups in total. The van der Waals surface area contributed by atoms with Crippen molar-refractivity contribution in [1.82, 2.24) is 0 Å². The van der Waals surface area contributed by atoms with Crippen molar-refractivity contribution in [1.29, 1.82) is 0 Å². The second-order valence-corrected chi connectivity index (χ2v) is 5.51. The molecule has 27 heavy (non-hydrogen) atoms. The topological polar surface area (TPSA) is 55.8 Å². The molecule has 0 fully saturated rings. The van der Waals surface area contributed by atoms with Crippen LogP contribution in [-0.4, -0.2) is 26.2 Å². The lowest BCUT2D eigenvalue weighted by Crippen LogP contribution is -2.28. The molecule has 1 heterocycles. The summed E-state index contributed by atoms with van der Waals surface area (Å²) in [6, 6.07) is 0.887. The number of alkyl halides is 3. The van der Waals surface area contributed by atoms with Gasteiger partial charge in [-0.25, -0.2) is 14.0 Å². The number of allylic oxidation sites excluding steroid dienone is 2. The second kappa shape index (κ2) is 7.83. The van der Waals surface area contributed by atoms with E-state index in [1.54, 1.807) is 0 Å². The van der Waals surface area contributed by atoms with E-state index in [1.165, 1.54) is 18.2 Å². The van der Waals surface area contributed by atoms with E-state index in [9.17, 15) is 27.2 Å². The van der Waals surface area contributed by atoms with Crippen molar-refractivity contribution < 1.29 is 36.6 Å². The molecule has 0 aromatic heterocycles. The molecule has 0 atom stereocenters. The van der Waals surface area contributed by atoms with Crippen molar-refractivity contribution in [2.24, 2.45) is 0 Å². The zero-order chi connectivity index (χ0) is 20.4. The third-order valence-electron chi connectivity index (χ3n) is 3.49. The van der Waals surface area contributed by atoms with Crippen LogP contribution in [-0.2, 0) is 25.2 Å². The fourth-order valence-electron chi connectivity index (χ4n) is 2.26. The lowest BCUT2D eigenvalue weighted by Gasteiger charge is -2.24. The Hall–Kier alpha value is -2.81. The molecule has 1 aliphatic rings. The number of esters is 2. The molecule has 5 nitrogen and oxygen atoms in total. The normalized spacial score (nSPS) is 14.3. The molecule has 1 aromatic carbocycles. The van der Waals surface area contributed by atoms with Crippen LogP contribution in [0.4, 0.5) is 23.2 Å². The largest absolute Gasteiger partial charge is 0.465 e. The number of hydrogen-bond acceptors (Lipinski definition) is 5. The van der Waals surface area contributed by atoms with Gasteiger partial charge in [0.2, 0.25) is 0 Å². The summed E-state index contributed by atoms with van der Waals surface area (Å²) in [5, 5.41) is -0.811. The number of carbonyl (C=O) groups excluding carboxylic acids is 2. The number of carbonyl (C=O) groups is 2. The van der Waals surface area contributed by atoms with Crippen LogP contribution in [0.15, 0.2) is 47.8 Å². The number of methoxy groups -OCH3 is 2. The van der Waals surface area contributed by atoms with Crippen LogP contribution in [0.2, 0.25) is 5.02 Å². The van der Waals surface area contributed by atoms with Gasteiger partial charge < -0.3 is 14.4 Å². The Morgan fingerprint density at radius 3 is 2.26 bits per heavy atom. The van der Waals surface area contributed by atoms with E-state index in [-0.39, 0.29) is 5.57 Å². The first kappa shape index (κ1) is 20.5. The van der Waals surface area contributed by atoms with Crippen molar-refractivity contribution in [3.8, 4) is 0 Å². The van der Waals surface area contributed by atoms with Gasteiger partial charge in [-0.15, -0.1) is 0 Å². The molecule has 2 rings (SSSR count). The lowest BCUT2D eigenvalue weighted by molar-refractivity contribution is -0.139. The Morgan fingerprint density at radius 1 is 1.07 bits per heavy atom. The summed E-state index contributed by atoms with van der Waals surface area (Å²) < 4.78 is 63.0. The smallest absolute Gasteiger partial charge is 0.416 e. The molecule has 0 saturated heterocycles. The van der Waals surface area contributed by atoms with Crippen LogP contribution in [0, 0.1) is 5.82 Å². The summed E-state index contributed by atoms with van der Waals surface area (Å²) in [4.78, 5) is 25.0. The zero-order valence-electron chi connectivity index (χ0n) is 13.9. The molecule has 1 aromatic rings. The fraction of sp³-hybridized carbons (Fsp3) is 0.176. The first-order valence-electron chi connectivity index (χ1n) is 7.23.